The minimum Gasteiger partial charge on any atom is -0.481 e. The SMILES string of the molecule is CC.CC.CCc1cccc(C(=NC)OC)c1. The molecule has 2 heteroatoms. The largest absolute Gasteiger partial charge is 0.481 e. The minimum absolute atomic E-state index is 0.690. The molecule has 0 fully saturated rings. The molecule has 0 aliphatic heterocycles. The molecular formula is C15H27NO. The fourth-order valence-corrected chi connectivity index (χ4v) is 1.26. The van der Waals surface area contributed by atoms with E-state index in [0.717, 1.165) is 12.0 Å². The summed E-state index contributed by atoms with van der Waals surface area (Å²) in [5, 5.41) is 0. The highest BCUT2D eigenvalue weighted by Crippen LogP contribution is 2.07. The van der Waals surface area contributed by atoms with E-state index in [0.29, 0.717) is 5.90 Å². The molecule has 0 spiro atoms. The highest BCUT2D eigenvalue weighted by molar-refractivity contribution is 5.94. The van der Waals surface area contributed by atoms with Crippen LogP contribution in [0.3, 0.4) is 0 Å². The van der Waals surface area contributed by atoms with Crippen molar-refractivity contribution < 1.29 is 4.74 Å². The number of aliphatic imine (C=N–C) groups is 1. The molecule has 0 bridgehead atoms. The molecule has 1 rings (SSSR count). The fourth-order valence-electron chi connectivity index (χ4n) is 1.26. The number of rotatable bonds is 2. The first kappa shape index (κ1) is 18.1. The first-order valence-electron chi connectivity index (χ1n) is 6.42. The second-order valence-corrected chi connectivity index (χ2v) is 2.79. The number of benzene rings is 1. The van der Waals surface area contributed by atoms with E-state index in [2.05, 4.69) is 24.0 Å². The molecule has 0 radical (unpaired) electrons. The van der Waals surface area contributed by atoms with Gasteiger partial charge in [-0.15, -0.1) is 0 Å². The van der Waals surface area contributed by atoms with Crippen molar-refractivity contribution in [1.82, 2.24) is 0 Å². The van der Waals surface area contributed by atoms with Crippen LogP contribution in [0.5, 0.6) is 0 Å². The monoisotopic (exact) mass is 237 g/mol. The molecular weight excluding hydrogens is 210 g/mol. The summed E-state index contributed by atoms with van der Waals surface area (Å²) in [5.74, 6) is 0.690. The Morgan fingerprint density at radius 1 is 1.18 bits per heavy atom. The average molecular weight is 237 g/mol. The Morgan fingerprint density at radius 2 is 1.76 bits per heavy atom. The van der Waals surface area contributed by atoms with Crippen LogP contribution in [-0.4, -0.2) is 20.1 Å². The topological polar surface area (TPSA) is 21.6 Å². The lowest BCUT2D eigenvalue weighted by Gasteiger charge is -2.05. The number of nitrogens with zero attached hydrogens (tertiary/aromatic N) is 1. The zero-order chi connectivity index (χ0) is 13.7. The number of hydrogen-bond donors (Lipinski definition) is 0. The van der Waals surface area contributed by atoms with Crippen LogP contribution in [0.1, 0.15) is 45.7 Å². The van der Waals surface area contributed by atoms with Crippen LogP contribution >= 0.6 is 0 Å². The Balaban J connectivity index is 0. The van der Waals surface area contributed by atoms with Gasteiger partial charge in [-0.1, -0.05) is 46.8 Å². The van der Waals surface area contributed by atoms with Gasteiger partial charge in [-0.3, -0.25) is 4.99 Å². The zero-order valence-corrected chi connectivity index (χ0v) is 12.4. The number of aryl methyl sites for hydroxylation is 1. The second-order valence-electron chi connectivity index (χ2n) is 2.79. The van der Waals surface area contributed by atoms with Crippen LogP contribution in [0, 0.1) is 0 Å². The molecule has 2 nitrogen and oxygen atoms in total. The van der Waals surface area contributed by atoms with Crippen LogP contribution in [0.25, 0.3) is 0 Å². The lowest BCUT2D eigenvalue weighted by Crippen LogP contribution is -2.03. The molecule has 17 heavy (non-hydrogen) atoms. The standard InChI is InChI=1S/C11H15NO.2C2H6/c1-4-9-6-5-7-10(8-9)11(12-2)13-3;2*1-2/h5-8H,4H2,1-3H3;2*1-2H3. The van der Waals surface area contributed by atoms with E-state index >= 15 is 0 Å². The molecule has 98 valence electrons. The number of ether oxygens (including phenoxy) is 1. The van der Waals surface area contributed by atoms with Gasteiger partial charge in [-0.05, 0) is 24.1 Å². The van der Waals surface area contributed by atoms with Crippen molar-refractivity contribution in [2.24, 2.45) is 4.99 Å². The summed E-state index contributed by atoms with van der Waals surface area (Å²) in [6.07, 6.45) is 1.04. The van der Waals surface area contributed by atoms with Gasteiger partial charge < -0.3 is 4.74 Å². The molecule has 0 unspecified atom stereocenters. The summed E-state index contributed by atoms with van der Waals surface area (Å²) in [6, 6.07) is 8.24. The highest BCUT2D eigenvalue weighted by Gasteiger charge is 2.01. The van der Waals surface area contributed by atoms with E-state index < -0.39 is 0 Å². The second kappa shape index (κ2) is 12.8. The average Bonchev–Trinajstić information content (AvgIpc) is 2.45. The smallest absolute Gasteiger partial charge is 0.215 e. The van der Waals surface area contributed by atoms with E-state index in [4.69, 9.17) is 4.74 Å². The Hall–Kier alpha value is -1.31. The molecule has 0 saturated heterocycles. The molecule has 0 atom stereocenters. The van der Waals surface area contributed by atoms with Crippen molar-refractivity contribution in [3.8, 4) is 0 Å². The van der Waals surface area contributed by atoms with Crippen molar-refractivity contribution in [3.63, 3.8) is 0 Å². The molecule has 0 N–H and O–H groups in total. The van der Waals surface area contributed by atoms with Gasteiger partial charge in [0, 0.05) is 12.6 Å². The molecule has 0 amide bonds. The third kappa shape index (κ3) is 6.77. The molecule has 0 aromatic heterocycles. The molecule has 0 aliphatic carbocycles. The van der Waals surface area contributed by atoms with Gasteiger partial charge in [0.15, 0.2) is 0 Å². The maximum Gasteiger partial charge on any atom is 0.215 e. The van der Waals surface area contributed by atoms with Crippen molar-refractivity contribution in [3.05, 3.63) is 35.4 Å². The summed E-state index contributed by atoms with van der Waals surface area (Å²) in [7, 11) is 3.37. The third-order valence-corrected chi connectivity index (χ3v) is 1.98. The van der Waals surface area contributed by atoms with Gasteiger partial charge in [0.2, 0.25) is 5.90 Å². The molecule has 1 aromatic carbocycles. The van der Waals surface area contributed by atoms with Crippen LogP contribution in [0.15, 0.2) is 29.3 Å². The number of methoxy groups -OCH3 is 1. The zero-order valence-electron chi connectivity index (χ0n) is 12.4. The van der Waals surface area contributed by atoms with Crippen molar-refractivity contribution >= 4 is 5.90 Å². The van der Waals surface area contributed by atoms with Crippen LogP contribution in [0.2, 0.25) is 0 Å². The van der Waals surface area contributed by atoms with Crippen LogP contribution in [0.4, 0.5) is 0 Å². The minimum atomic E-state index is 0.690. The highest BCUT2D eigenvalue weighted by atomic mass is 16.5. The van der Waals surface area contributed by atoms with Gasteiger partial charge in [0.05, 0.1) is 7.11 Å². The van der Waals surface area contributed by atoms with Gasteiger partial charge >= 0.3 is 0 Å². The Kier molecular flexibility index (Phi) is 13.6. The molecule has 0 heterocycles. The van der Waals surface area contributed by atoms with Crippen molar-refractivity contribution in [1.29, 1.82) is 0 Å². The Morgan fingerprint density at radius 3 is 2.18 bits per heavy atom. The van der Waals surface area contributed by atoms with Crippen molar-refractivity contribution in [2.75, 3.05) is 14.2 Å². The van der Waals surface area contributed by atoms with E-state index in [1.807, 2.05) is 39.8 Å². The predicted octanol–water partition coefficient (Wildman–Crippen LogP) is 4.32. The summed E-state index contributed by atoms with van der Waals surface area (Å²) >= 11 is 0. The van der Waals surface area contributed by atoms with E-state index in [1.165, 1.54) is 5.56 Å². The fraction of sp³-hybridized carbons (Fsp3) is 0.533. The van der Waals surface area contributed by atoms with Crippen LogP contribution in [-0.2, 0) is 11.2 Å². The number of hydrogen-bond acceptors (Lipinski definition) is 2. The third-order valence-electron chi connectivity index (χ3n) is 1.98. The molecule has 0 aliphatic rings. The van der Waals surface area contributed by atoms with E-state index in [9.17, 15) is 0 Å². The normalized spacial score (nSPS) is 9.47. The first-order chi connectivity index (χ1) is 8.31. The van der Waals surface area contributed by atoms with Gasteiger partial charge in [0.1, 0.15) is 0 Å². The van der Waals surface area contributed by atoms with Gasteiger partial charge in [-0.2, -0.15) is 0 Å². The lowest BCUT2D eigenvalue weighted by atomic mass is 10.1. The van der Waals surface area contributed by atoms with Crippen molar-refractivity contribution in [2.45, 2.75) is 41.0 Å². The molecule has 1 aromatic rings. The lowest BCUT2D eigenvalue weighted by molar-refractivity contribution is 0.404. The summed E-state index contributed by atoms with van der Waals surface area (Å²) in [4.78, 5) is 4.05. The maximum absolute atomic E-state index is 5.14. The van der Waals surface area contributed by atoms with E-state index in [1.54, 1.807) is 14.2 Å². The summed E-state index contributed by atoms with van der Waals surface area (Å²) in [5.41, 5.74) is 2.35. The molecule has 0 saturated carbocycles. The van der Waals surface area contributed by atoms with Gasteiger partial charge in [-0.25, -0.2) is 0 Å². The van der Waals surface area contributed by atoms with Gasteiger partial charge in [0.25, 0.3) is 0 Å². The Bertz CT molecular complexity index is 306. The summed E-state index contributed by atoms with van der Waals surface area (Å²) < 4.78 is 5.14. The predicted molar refractivity (Wildman–Crippen MR) is 78.0 cm³/mol. The maximum atomic E-state index is 5.14. The van der Waals surface area contributed by atoms with Crippen LogP contribution < -0.4 is 0 Å². The van der Waals surface area contributed by atoms with E-state index in [-0.39, 0.29) is 0 Å². The quantitative estimate of drug-likeness (QED) is 0.554. The first-order valence-corrected chi connectivity index (χ1v) is 6.42. The summed E-state index contributed by atoms with van der Waals surface area (Å²) in [6.45, 7) is 10.1. The Labute approximate surface area is 107 Å².